The average molecular weight is 593 g/mol. The van der Waals surface area contributed by atoms with Crippen molar-refractivity contribution >= 4 is 47.8 Å². The third-order valence-electron chi connectivity index (χ3n) is 6.51. The van der Waals surface area contributed by atoms with E-state index in [-0.39, 0.29) is 29.4 Å². The second-order valence-corrected chi connectivity index (χ2v) is 11.1. The van der Waals surface area contributed by atoms with Gasteiger partial charge in [0.2, 0.25) is 11.8 Å². The van der Waals surface area contributed by atoms with Crippen LogP contribution in [0.4, 0.5) is 0 Å². The normalized spacial score (nSPS) is 18.1. The highest BCUT2D eigenvalue weighted by molar-refractivity contribution is 8.01. The number of aromatic nitrogens is 2. The molecule has 1 aromatic heterocycles. The number of ether oxygens (including phenoxy) is 1. The number of benzene rings is 3. The zero-order chi connectivity index (χ0) is 26.8. The number of rotatable bonds is 8. The largest absolute Gasteiger partial charge is 0.448 e. The zero-order valence-electron chi connectivity index (χ0n) is 21.1. The second-order valence-electron chi connectivity index (χ2n) is 9.02. The van der Waals surface area contributed by atoms with E-state index < -0.39 is 18.1 Å². The third kappa shape index (κ3) is 5.53. The van der Waals surface area contributed by atoms with E-state index in [1.165, 1.54) is 28.4 Å². The molecule has 6 rings (SSSR count). The molecule has 3 aromatic carbocycles. The van der Waals surface area contributed by atoms with Crippen LogP contribution in [-0.4, -0.2) is 49.9 Å². The Hall–Kier alpha value is -3.57. The number of carbonyl (C=O) groups excluding carboxylic acids is 2. The minimum absolute atomic E-state index is 0. The molecule has 4 aromatic rings. The first-order valence-corrected chi connectivity index (χ1v) is 14.4. The van der Waals surface area contributed by atoms with Gasteiger partial charge in [-0.2, -0.15) is 0 Å². The maximum absolute atomic E-state index is 13.8. The van der Waals surface area contributed by atoms with Crippen molar-refractivity contribution in [1.29, 1.82) is 0 Å². The summed E-state index contributed by atoms with van der Waals surface area (Å²) in [5.74, 6) is 0.468. The van der Waals surface area contributed by atoms with Crippen LogP contribution in [-0.2, 0) is 14.3 Å². The van der Waals surface area contributed by atoms with Gasteiger partial charge >= 0.3 is 5.97 Å². The molecule has 0 aliphatic carbocycles. The summed E-state index contributed by atoms with van der Waals surface area (Å²) in [5.41, 5.74) is 9.56. The van der Waals surface area contributed by atoms with Gasteiger partial charge in [0.1, 0.15) is 17.1 Å². The molecule has 2 atom stereocenters. The molecular formula is C29H25ClN4O4S2. The molecule has 8 nitrogen and oxygen atoms in total. The van der Waals surface area contributed by atoms with Gasteiger partial charge in [-0.15, -0.1) is 34.4 Å². The van der Waals surface area contributed by atoms with E-state index in [1.54, 1.807) is 0 Å². The topological polar surface area (TPSA) is 112 Å². The molecule has 1 saturated heterocycles. The van der Waals surface area contributed by atoms with Crippen molar-refractivity contribution in [2.24, 2.45) is 5.73 Å². The number of halogens is 1. The Morgan fingerprint density at radius 1 is 1.00 bits per heavy atom. The van der Waals surface area contributed by atoms with E-state index in [4.69, 9.17) is 14.9 Å². The molecular weight excluding hydrogens is 568 g/mol. The van der Waals surface area contributed by atoms with Gasteiger partial charge in [-0.25, -0.2) is 4.79 Å². The quantitative estimate of drug-likeness (QED) is 0.170. The van der Waals surface area contributed by atoms with E-state index in [1.807, 2.05) is 91.0 Å². The maximum Gasteiger partial charge on any atom is 0.356 e. The molecule has 2 N–H and O–H groups in total. The highest BCUT2D eigenvalue weighted by atomic mass is 35.5. The Morgan fingerprint density at radius 2 is 1.60 bits per heavy atom. The lowest BCUT2D eigenvalue weighted by Crippen LogP contribution is -2.68. The summed E-state index contributed by atoms with van der Waals surface area (Å²) >= 11 is 2.85. The second kappa shape index (κ2) is 12.3. The Morgan fingerprint density at radius 3 is 2.23 bits per heavy atom. The van der Waals surface area contributed by atoms with Crippen molar-refractivity contribution in [1.82, 2.24) is 15.1 Å². The molecule has 0 bridgehead atoms. The number of amides is 1. The fraction of sp³-hybridized carbons (Fsp3) is 0.172. The average Bonchev–Trinajstić information content (AvgIpc) is 3.48. The molecule has 2 aliphatic rings. The lowest BCUT2D eigenvalue weighted by Gasteiger charge is -2.48. The summed E-state index contributed by atoms with van der Waals surface area (Å²) < 4.78 is 12.0. The van der Waals surface area contributed by atoms with Crippen LogP contribution >= 0.6 is 35.9 Å². The van der Waals surface area contributed by atoms with Crippen LogP contribution in [0, 0.1) is 0 Å². The van der Waals surface area contributed by atoms with E-state index in [2.05, 4.69) is 10.2 Å². The Kier molecular flexibility index (Phi) is 8.60. The monoisotopic (exact) mass is 592 g/mol. The molecule has 0 radical (unpaired) electrons. The minimum Gasteiger partial charge on any atom is -0.448 e. The zero-order valence-corrected chi connectivity index (χ0v) is 23.5. The van der Waals surface area contributed by atoms with Crippen molar-refractivity contribution in [3.05, 3.63) is 113 Å². The molecule has 3 heterocycles. The summed E-state index contributed by atoms with van der Waals surface area (Å²) in [7, 11) is 0. The Balaban J connectivity index is 0.00000323. The molecule has 1 fully saturated rings. The smallest absolute Gasteiger partial charge is 0.356 e. The first-order valence-electron chi connectivity index (χ1n) is 12.3. The van der Waals surface area contributed by atoms with Gasteiger partial charge in [-0.1, -0.05) is 90.6 Å². The number of esters is 1. The van der Waals surface area contributed by atoms with Crippen molar-refractivity contribution in [3.63, 3.8) is 0 Å². The number of nitrogens with zero attached hydrogens (tertiary/aromatic N) is 3. The van der Waals surface area contributed by atoms with Crippen LogP contribution in [0.1, 0.15) is 17.2 Å². The standard InChI is InChI=1S/C29H24N4O4S2.ClH/c30-22-26(34)33-23(28(35)36-24(18-10-4-1-5-11-18)19-12-6-2-7-13-19)21(16-38-27(22)33)17-39-29-32-31-25(37-29)20-14-8-3-9-15-20;/h1-15,22,24,27H,16-17,30H2;1H/t22-,27+;/m1./s1. The van der Waals surface area contributed by atoms with Crippen molar-refractivity contribution in [3.8, 4) is 11.5 Å². The molecule has 0 spiro atoms. The van der Waals surface area contributed by atoms with Gasteiger partial charge in [0.25, 0.3) is 5.22 Å². The minimum atomic E-state index is -0.643. The SMILES string of the molecule is Cl.N[C@@H]1C(=O)N2C(C(=O)OC(c3ccccc3)c3ccccc3)=C(CSc3nnc(-c4ccccc4)o3)CS[C@@H]12. The predicted molar refractivity (Wildman–Crippen MR) is 157 cm³/mol. The summed E-state index contributed by atoms with van der Waals surface area (Å²) in [5, 5.41) is 8.37. The molecule has 1 amide bonds. The number of nitrogens with two attached hydrogens (primary N) is 1. The molecule has 0 saturated carbocycles. The van der Waals surface area contributed by atoms with E-state index in [0.29, 0.717) is 22.6 Å². The number of β-lactam (4-membered cyclic amide) rings is 1. The Bertz CT molecular complexity index is 1480. The Labute approximate surface area is 245 Å². The number of carbonyl (C=O) groups is 2. The van der Waals surface area contributed by atoms with Gasteiger partial charge < -0.3 is 14.9 Å². The highest BCUT2D eigenvalue weighted by Gasteiger charge is 2.52. The third-order valence-corrected chi connectivity index (χ3v) is 8.77. The summed E-state index contributed by atoms with van der Waals surface area (Å²) in [4.78, 5) is 28.1. The number of hydrogen-bond donors (Lipinski definition) is 1. The van der Waals surface area contributed by atoms with E-state index in [9.17, 15) is 9.59 Å². The highest BCUT2D eigenvalue weighted by Crippen LogP contribution is 2.42. The van der Waals surface area contributed by atoms with Crippen LogP contribution in [0.2, 0.25) is 0 Å². The van der Waals surface area contributed by atoms with Crippen LogP contribution in [0.25, 0.3) is 11.5 Å². The van der Waals surface area contributed by atoms with Crippen LogP contribution in [0.3, 0.4) is 0 Å². The number of thioether (sulfide) groups is 2. The lowest BCUT2D eigenvalue weighted by atomic mass is 10.0. The summed E-state index contributed by atoms with van der Waals surface area (Å²) in [6.45, 7) is 0. The van der Waals surface area contributed by atoms with Gasteiger partial charge in [-0.05, 0) is 28.8 Å². The fourth-order valence-electron chi connectivity index (χ4n) is 4.54. The molecule has 40 heavy (non-hydrogen) atoms. The summed E-state index contributed by atoms with van der Waals surface area (Å²) in [6, 6.07) is 28.0. The van der Waals surface area contributed by atoms with Gasteiger partial charge in [0, 0.05) is 17.1 Å². The molecule has 204 valence electrons. The van der Waals surface area contributed by atoms with E-state index in [0.717, 1.165) is 22.3 Å². The lowest BCUT2D eigenvalue weighted by molar-refractivity contribution is -0.153. The van der Waals surface area contributed by atoms with Gasteiger partial charge in [-0.3, -0.25) is 9.69 Å². The van der Waals surface area contributed by atoms with Crippen LogP contribution in [0.5, 0.6) is 0 Å². The first kappa shape index (κ1) is 28.0. The fourth-order valence-corrected chi connectivity index (χ4v) is 6.74. The molecule has 0 unspecified atom stereocenters. The van der Waals surface area contributed by atoms with E-state index >= 15 is 0 Å². The van der Waals surface area contributed by atoms with Crippen LogP contribution < -0.4 is 5.73 Å². The van der Waals surface area contributed by atoms with Gasteiger partial charge in [0.15, 0.2) is 6.10 Å². The number of hydrogen-bond acceptors (Lipinski definition) is 9. The predicted octanol–water partition coefficient (Wildman–Crippen LogP) is 5.08. The molecule has 11 heteroatoms. The van der Waals surface area contributed by atoms with Gasteiger partial charge in [0.05, 0.1) is 0 Å². The van der Waals surface area contributed by atoms with Crippen molar-refractivity contribution < 1.29 is 18.7 Å². The first-order chi connectivity index (χ1) is 19.1. The number of fused-ring (bicyclic) bond motifs is 1. The van der Waals surface area contributed by atoms with Crippen LogP contribution in [0.15, 0.2) is 112 Å². The van der Waals surface area contributed by atoms with Crippen molar-refractivity contribution in [2.45, 2.75) is 22.7 Å². The summed E-state index contributed by atoms with van der Waals surface area (Å²) in [6.07, 6.45) is -0.635. The maximum atomic E-state index is 13.8. The van der Waals surface area contributed by atoms with Crippen molar-refractivity contribution in [2.75, 3.05) is 11.5 Å². The molecule has 2 aliphatic heterocycles.